The minimum atomic E-state index is 1.23. The van der Waals surface area contributed by atoms with E-state index in [9.17, 15) is 0 Å². The Balaban J connectivity index is 2.78. The molecule has 0 saturated carbocycles. The molecule has 0 radical (unpaired) electrons. The van der Waals surface area contributed by atoms with Gasteiger partial charge in [0.2, 0.25) is 0 Å². The van der Waals surface area contributed by atoms with Gasteiger partial charge in [0.25, 0.3) is 0 Å². The van der Waals surface area contributed by atoms with Crippen molar-refractivity contribution in [1.29, 1.82) is 0 Å². The van der Waals surface area contributed by atoms with Gasteiger partial charge >= 0.3 is 0 Å². The first kappa shape index (κ1) is 14.7. The Morgan fingerprint density at radius 1 is 0.786 bits per heavy atom. The molecule has 0 unspecified atom stereocenters. The minimum absolute atomic E-state index is 1.23. The minimum Gasteiger partial charge on any atom is -0.317 e. The molecule has 1 N–H and O–H groups in total. The molecule has 0 fully saturated rings. The topological polar surface area (TPSA) is 12.0 Å². The van der Waals surface area contributed by atoms with Gasteiger partial charge in [-0.25, -0.2) is 0 Å². The van der Waals surface area contributed by atoms with Gasteiger partial charge in [-0.05, 0) is 36.8 Å². The van der Waals surface area contributed by atoms with Crippen LogP contribution in [0.1, 0.15) is 58.3 Å². The average Bonchev–Trinajstić information content (AvgIpc) is 2.21. The molecule has 0 aliphatic carbocycles. The summed E-state index contributed by atoms with van der Waals surface area (Å²) in [5, 5.41) is 3.52. The van der Waals surface area contributed by atoms with Crippen molar-refractivity contribution in [3.05, 3.63) is 0 Å². The summed E-state index contributed by atoms with van der Waals surface area (Å²) in [6, 6.07) is 0. The van der Waals surface area contributed by atoms with Crippen LogP contribution in [0.3, 0.4) is 0 Å². The third-order valence-electron chi connectivity index (χ3n) is 2.44. The molecular formula is C12H26IN. The maximum absolute atomic E-state index is 3.52. The van der Waals surface area contributed by atoms with E-state index in [-0.39, 0.29) is 0 Å². The van der Waals surface area contributed by atoms with Gasteiger partial charge in [-0.3, -0.25) is 0 Å². The number of unbranched alkanes of at least 4 members (excludes halogenated alkanes) is 6. The molecule has 0 aromatic rings. The second-order valence-electron chi connectivity index (χ2n) is 3.91. The molecule has 86 valence electrons. The first-order chi connectivity index (χ1) is 6.91. The van der Waals surface area contributed by atoms with Crippen molar-refractivity contribution in [1.82, 2.24) is 5.32 Å². The van der Waals surface area contributed by atoms with Crippen molar-refractivity contribution in [3.63, 3.8) is 0 Å². The molecule has 0 heterocycles. The van der Waals surface area contributed by atoms with Crippen molar-refractivity contribution in [2.75, 3.05) is 17.5 Å². The van der Waals surface area contributed by atoms with Gasteiger partial charge in [0.15, 0.2) is 0 Å². The van der Waals surface area contributed by atoms with Crippen LogP contribution < -0.4 is 5.32 Å². The molecule has 0 aliphatic heterocycles. The maximum Gasteiger partial charge on any atom is -0.000472 e. The van der Waals surface area contributed by atoms with Crippen LogP contribution in [0.15, 0.2) is 0 Å². The number of alkyl halides is 1. The number of halogens is 1. The van der Waals surface area contributed by atoms with E-state index in [1.807, 2.05) is 0 Å². The Kier molecular flexibility index (Phi) is 14.4. The highest BCUT2D eigenvalue weighted by Gasteiger charge is 1.90. The van der Waals surface area contributed by atoms with Gasteiger partial charge in [-0.1, -0.05) is 61.6 Å². The molecule has 0 saturated heterocycles. The van der Waals surface area contributed by atoms with Gasteiger partial charge in [0.05, 0.1) is 0 Å². The Labute approximate surface area is 104 Å². The molecule has 0 atom stereocenters. The molecule has 1 nitrogen and oxygen atoms in total. The summed E-state index contributed by atoms with van der Waals surface area (Å²) in [6.07, 6.45) is 11.1. The third kappa shape index (κ3) is 12.7. The molecule has 0 bridgehead atoms. The number of rotatable bonds is 11. The summed E-state index contributed by atoms with van der Waals surface area (Å²) in [6.45, 7) is 4.73. The number of nitrogens with one attached hydrogen (secondary N) is 1. The number of hydrogen-bond acceptors (Lipinski definition) is 1. The summed E-state index contributed by atoms with van der Waals surface area (Å²) in [5.74, 6) is 0. The van der Waals surface area contributed by atoms with Crippen LogP contribution in [0.2, 0.25) is 0 Å². The zero-order valence-electron chi connectivity index (χ0n) is 9.66. The molecule has 0 rings (SSSR count). The fourth-order valence-corrected chi connectivity index (χ4v) is 2.04. The lowest BCUT2D eigenvalue weighted by Gasteiger charge is -2.03. The largest absolute Gasteiger partial charge is 0.317 e. The van der Waals surface area contributed by atoms with Crippen LogP contribution in [-0.4, -0.2) is 17.5 Å². The Morgan fingerprint density at radius 2 is 1.36 bits per heavy atom. The molecular weight excluding hydrogens is 285 g/mol. The molecule has 0 spiro atoms. The molecule has 2 heteroatoms. The molecule has 0 aromatic heterocycles. The second-order valence-corrected chi connectivity index (χ2v) is 4.99. The highest BCUT2D eigenvalue weighted by molar-refractivity contribution is 14.1. The van der Waals surface area contributed by atoms with E-state index in [4.69, 9.17) is 0 Å². The van der Waals surface area contributed by atoms with Gasteiger partial charge < -0.3 is 5.32 Å². The third-order valence-corrected chi connectivity index (χ3v) is 3.21. The standard InChI is InChI=1S/C12H26IN/c1-2-3-4-5-8-11-14-12-9-6-7-10-13/h14H,2-12H2,1H3. The molecule has 14 heavy (non-hydrogen) atoms. The van der Waals surface area contributed by atoms with Crippen LogP contribution in [0.4, 0.5) is 0 Å². The van der Waals surface area contributed by atoms with Crippen molar-refractivity contribution < 1.29 is 0 Å². The van der Waals surface area contributed by atoms with Crippen molar-refractivity contribution in [2.45, 2.75) is 58.3 Å². The highest BCUT2D eigenvalue weighted by atomic mass is 127. The van der Waals surface area contributed by atoms with Crippen LogP contribution in [0.5, 0.6) is 0 Å². The van der Waals surface area contributed by atoms with Crippen LogP contribution in [0.25, 0.3) is 0 Å². The summed E-state index contributed by atoms with van der Waals surface area (Å²) in [4.78, 5) is 0. The van der Waals surface area contributed by atoms with Gasteiger partial charge in [-0.2, -0.15) is 0 Å². The molecule has 0 aliphatic rings. The van der Waals surface area contributed by atoms with E-state index in [0.717, 1.165) is 0 Å². The Morgan fingerprint density at radius 3 is 1.93 bits per heavy atom. The lowest BCUT2D eigenvalue weighted by molar-refractivity contribution is 0.565. The summed E-state index contributed by atoms with van der Waals surface area (Å²) >= 11 is 2.45. The Hall–Kier alpha value is 0.690. The predicted octanol–water partition coefficient (Wildman–Crippen LogP) is 4.15. The van der Waals surface area contributed by atoms with Crippen LogP contribution >= 0.6 is 22.6 Å². The van der Waals surface area contributed by atoms with Gasteiger partial charge in [-0.15, -0.1) is 0 Å². The Bertz CT molecular complexity index is 84.3. The van der Waals surface area contributed by atoms with E-state index in [1.165, 1.54) is 68.9 Å². The quantitative estimate of drug-likeness (QED) is 0.343. The van der Waals surface area contributed by atoms with Gasteiger partial charge in [0.1, 0.15) is 0 Å². The lowest BCUT2D eigenvalue weighted by atomic mass is 10.1. The fraction of sp³-hybridized carbons (Fsp3) is 1.00. The first-order valence-corrected chi connectivity index (χ1v) is 7.71. The summed E-state index contributed by atoms with van der Waals surface area (Å²) in [5.41, 5.74) is 0. The van der Waals surface area contributed by atoms with Crippen LogP contribution in [-0.2, 0) is 0 Å². The van der Waals surface area contributed by atoms with E-state index < -0.39 is 0 Å². The first-order valence-electron chi connectivity index (χ1n) is 6.18. The van der Waals surface area contributed by atoms with E-state index in [2.05, 4.69) is 34.8 Å². The summed E-state index contributed by atoms with van der Waals surface area (Å²) in [7, 11) is 0. The van der Waals surface area contributed by atoms with Crippen molar-refractivity contribution in [3.8, 4) is 0 Å². The molecule has 0 amide bonds. The predicted molar refractivity (Wildman–Crippen MR) is 74.4 cm³/mol. The maximum atomic E-state index is 3.52. The zero-order chi connectivity index (χ0) is 10.5. The summed E-state index contributed by atoms with van der Waals surface area (Å²) < 4.78 is 1.31. The lowest BCUT2D eigenvalue weighted by Crippen LogP contribution is -2.16. The number of hydrogen-bond donors (Lipinski definition) is 1. The average molecular weight is 311 g/mol. The molecule has 0 aromatic carbocycles. The highest BCUT2D eigenvalue weighted by Crippen LogP contribution is 2.01. The van der Waals surface area contributed by atoms with Gasteiger partial charge in [0, 0.05) is 0 Å². The smallest absolute Gasteiger partial charge is 0.000472 e. The monoisotopic (exact) mass is 311 g/mol. The van der Waals surface area contributed by atoms with Crippen molar-refractivity contribution in [2.24, 2.45) is 0 Å². The normalized spacial score (nSPS) is 10.7. The van der Waals surface area contributed by atoms with Crippen molar-refractivity contribution >= 4 is 22.6 Å². The SMILES string of the molecule is CCCCCCCNCCCCCI. The fourth-order valence-electron chi connectivity index (χ4n) is 1.50. The second kappa shape index (κ2) is 13.7. The van der Waals surface area contributed by atoms with Crippen LogP contribution in [0, 0.1) is 0 Å². The zero-order valence-corrected chi connectivity index (χ0v) is 11.8. The van der Waals surface area contributed by atoms with E-state index in [0.29, 0.717) is 0 Å². The van der Waals surface area contributed by atoms with E-state index >= 15 is 0 Å². The van der Waals surface area contributed by atoms with E-state index in [1.54, 1.807) is 0 Å².